The van der Waals surface area contributed by atoms with Gasteiger partial charge in [-0.15, -0.1) is 0 Å². The Morgan fingerprint density at radius 2 is 1.51 bits per heavy atom. The summed E-state index contributed by atoms with van der Waals surface area (Å²) < 4.78 is 12.9. The Balaban J connectivity index is 1.28. The predicted molar refractivity (Wildman–Crippen MR) is 133 cm³/mol. The average molecular weight is 476 g/mol. The van der Waals surface area contributed by atoms with Gasteiger partial charge in [-0.05, 0) is 22.8 Å². The number of rotatable bonds is 7. The Hall–Kier alpha value is -2.88. The third-order valence-corrected chi connectivity index (χ3v) is 6.77. The highest BCUT2D eigenvalue weighted by atomic mass is 16.7. The molecular weight excluding hydrogens is 442 g/mol. The molecule has 8 heteroatoms. The van der Waals surface area contributed by atoms with Crippen LogP contribution in [0, 0.1) is 0 Å². The average Bonchev–Trinajstić information content (AvgIpc) is 2.94. The zero-order chi connectivity index (χ0) is 24.0. The first-order chi connectivity index (χ1) is 17.2. The molecule has 8 nitrogen and oxygen atoms in total. The van der Waals surface area contributed by atoms with Crippen molar-refractivity contribution >= 4 is 5.95 Å². The summed E-state index contributed by atoms with van der Waals surface area (Å²) in [4.78, 5) is 13.5. The van der Waals surface area contributed by atoms with Gasteiger partial charge in [-0.2, -0.15) is 0 Å². The van der Waals surface area contributed by atoms with Crippen LogP contribution in [0.25, 0.3) is 0 Å². The van der Waals surface area contributed by atoms with Crippen molar-refractivity contribution in [2.45, 2.75) is 38.1 Å². The molecule has 0 radical (unpaired) electrons. The Bertz CT molecular complexity index is 1000. The van der Waals surface area contributed by atoms with Crippen LogP contribution in [0.5, 0.6) is 0 Å². The van der Waals surface area contributed by atoms with E-state index >= 15 is 0 Å². The minimum absolute atomic E-state index is 0.0324. The molecular formula is C27H33N5O3. The van der Waals surface area contributed by atoms with Crippen LogP contribution in [-0.4, -0.2) is 58.8 Å². The van der Waals surface area contributed by atoms with Gasteiger partial charge in [0, 0.05) is 63.6 Å². The van der Waals surface area contributed by atoms with Gasteiger partial charge in [-0.1, -0.05) is 48.5 Å². The fourth-order valence-corrected chi connectivity index (χ4v) is 4.72. The maximum absolute atomic E-state index is 9.41. The van der Waals surface area contributed by atoms with Crippen molar-refractivity contribution < 1.29 is 14.6 Å². The molecule has 0 saturated carbocycles. The molecule has 184 valence electrons. The molecule has 3 atom stereocenters. The van der Waals surface area contributed by atoms with E-state index in [9.17, 15) is 5.11 Å². The summed E-state index contributed by atoms with van der Waals surface area (Å²) in [6.07, 6.45) is 3.86. The van der Waals surface area contributed by atoms with Crippen molar-refractivity contribution in [3.8, 4) is 0 Å². The Labute approximate surface area is 206 Å². The second kappa shape index (κ2) is 11.2. The first kappa shape index (κ1) is 23.8. The van der Waals surface area contributed by atoms with Gasteiger partial charge in [0.1, 0.15) is 0 Å². The number of anilines is 1. The van der Waals surface area contributed by atoms with Crippen LogP contribution >= 0.6 is 0 Å². The molecule has 3 aromatic rings. The molecule has 1 aromatic heterocycles. The molecule has 5 rings (SSSR count). The highest BCUT2D eigenvalue weighted by molar-refractivity contribution is 5.29. The van der Waals surface area contributed by atoms with Gasteiger partial charge in [-0.25, -0.2) is 9.97 Å². The third kappa shape index (κ3) is 5.86. The van der Waals surface area contributed by atoms with E-state index in [0.29, 0.717) is 6.54 Å². The van der Waals surface area contributed by atoms with E-state index in [0.717, 1.165) is 67.3 Å². The molecule has 3 N–H and O–H groups in total. The number of aliphatic hydroxyl groups excluding tert-OH is 1. The maximum Gasteiger partial charge on any atom is 0.225 e. The number of benzene rings is 2. The molecule has 0 bridgehead atoms. The summed E-state index contributed by atoms with van der Waals surface area (Å²) in [6.45, 7) is 5.04. The maximum atomic E-state index is 9.41. The van der Waals surface area contributed by atoms with E-state index in [1.54, 1.807) is 12.4 Å². The molecule has 0 amide bonds. The van der Waals surface area contributed by atoms with Gasteiger partial charge in [0.2, 0.25) is 5.95 Å². The quantitative estimate of drug-likeness (QED) is 0.539. The van der Waals surface area contributed by atoms with Gasteiger partial charge >= 0.3 is 0 Å². The number of nitrogens with zero attached hydrogens (tertiary/aromatic N) is 4. The van der Waals surface area contributed by atoms with E-state index in [1.807, 2.05) is 54.6 Å². The summed E-state index contributed by atoms with van der Waals surface area (Å²) in [5.41, 5.74) is 9.85. The summed E-state index contributed by atoms with van der Waals surface area (Å²) in [6, 6.07) is 18.0. The molecule has 0 aliphatic carbocycles. The van der Waals surface area contributed by atoms with E-state index in [4.69, 9.17) is 15.2 Å². The van der Waals surface area contributed by atoms with Crippen LogP contribution < -0.4 is 10.6 Å². The number of nitrogens with two attached hydrogens (primary N) is 1. The van der Waals surface area contributed by atoms with Crippen LogP contribution in [-0.2, 0) is 22.6 Å². The molecule has 2 saturated heterocycles. The molecule has 3 heterocycles. The van der Waals surface area contributed by atoms with Crippen LogP contribution in [0.3, 0.4) is 0 Å². The monoisotopic (exact) mass is 475 g/mol. The first-order valence-corrected chi connectivity index (χ1v) is 12.3. The van der Waals surface area contributed by atoms with Gasteiger partial charge in [-0.3, -0.25) is 4.90 Å². The van der Waals surface area contributed by atoms with Gasteiger partial charge in [0.25, 0.3) is 0 Å². The van der Waals surface area contributed by atoms with Crippen LogP contribution in [0.4, 0.5) is 5.95 Å². The molecule has 2 aromatic carbocycles. The molecule has 35 heavy (non-hydrogen) atoms. The number of ether oxygens (including phenoxy) is 2. The van der Waals surface area contributed by atoms with Crippen LogP contribution in [0.1, 0.15) is 41.1 Å². The molecule has 2 fully saturated rings. The Kier molecular flexibility index (Phi) is 7.66. The van der Waals surface area contributed by atoms with Crippen LogP contribution in [0.15, 0.2) is 67.0 Å². The third-order valence-electron chi connectivity index (χ3n) is 6.77. The fraction of sp³-hybridized carbons (Fsp3) is 0.407. The zero-order valence-corrected chi connectivity index (χ0v) is 19.9. The lowest BCUT2D eigenvalue weighted by atomic mass is 9.99. The highest BCUT2D eigenvalue weighted by Gasteiger charge is 2.33. The van der Waals surface area contributed by atoms with E-state index in [1.165, 1.54) is 0 Å². The minimum atomic E-state index is -0.442. The van der Waals surface area contributed by atoms with Crippen molar-refractivity contribution in [1.29, 1.82) is 0 Å². The first-order valence-electron chi connectivity index (χ1n) is 12.3. The van der Waals surface area contributed by atoms with Crippen molar-refractivity contribution in [3.63, 3.8) is 0 Å². The zero-order valence-electron chi connectivity index (χ0n) is 19.9. The molecule has 3 unspecified atom stereocenters. The lowest BCUT2D eigenvalue weighted by Gasteiger charge is -2.40. The smallest absolute Gasteiger partial charge is 0.225 e. The SMILES string of the molecule is NCc1ccc(C2OC(CN3CCN(c4ncccn4)CC3)CC(c3ccc(CO)cc3)O2)cc1. The van der Waals surface area contributed by atoms with Crippen molar-refractivity contribution in [3.05, 3.63) is 89.2 Å². The molecule has 2 aliphatic heterocycles. The van der Waals surface area contributed by atoms with E-state index in [-0.39, 0.29) is 18.8 Å². The summed E-state index contributed by atoms with van der Waals surface area (Å²) in [5.74, 6) is 0.793. The summed E-state index contributed by atoms with van der Waals surface area (Å²) in [5, 5.41) is 9.41. The standard InChI is InChI=1S/C27H33N5O3/c28-17-20-2-8-23(9-3-20)26-34-24(16-25(35-26)22-6-4-21(19-33)5-7-22)18-31-12-14-32(15-13-31)27-29-10-1-11-30-27/h1-11,24-26,33H,12-19,28H2. The minimum Gasteiger partial charge on any atom is -0.392 e. The second-order valence-electron chi connectivity index (χ2n) is 9.13. The number of hydrogen-bond acceptors (Lipinski definition) is 8. The van der Waals surface area contributed by atoms with Crippen molar-refractivity contribution in [1.82, 2.24) is 14.9 Å². The van der Waals surface area contributed by atoms with Gasteiger partial charge in [0.15, 0.2) is 6.29 Å². The Morgan fingerprint density at radius 3 is 2.17 bits per heavy atom. The number of hydrogen-bond donors (Lipinski definition) is 2. The van der Waals surface area contributed by atoms with Gasteiger partial charge in [0.05, 0.1) is 18.8 Å². The molecule has 2 aliphatic rings. The normalized spacial score (nSPS) is 23.4. The topological polar surface area (TPSA) is 97.0 Å². The highest BCUT2D eigenvalue weighted by Crippen LogP contribution is 2.38. The lowest BCUT2D eigenvalue weighted by molar-refractivity contribution is -0.253. The Morgan fingerprint density at radius 1 is 0.857 bits per heavy atom. The molecule has 0 spiro atoms. The van der Waals surface area contributed by atoms with E-state index < -0.39 is 6.29 Å². The number of aromatic nitrogens is 2. The lowest BCUT2D eigenvalue weighted by Crippen LogP contribution is -2.50. The van der Waals surface area contributed by atoms with Crippen LogP contribution in [0.2, 0.25) is 0 Å². The van der Waals surface area contributed by atoms with E-state index in [2.05, 4.69) is 19.8 Å². The van der Waals surface area contributed by atoms with Crippen molar-refractivity contribution in [2.75, 3.05) is 37.6 Å². The summed E-state index contributed by atoms with van der Waals surface area (Å²) in [7, 11) is 0. The second-order valence-corrected chi connectivity index (χ2v) is 9.13. The van der Waals surface area contributed by atoms with Crippen molar-refractivity contribution in [2.24, 2.45) is 5.73 Å². The van der Waals surface area contributed by atoms with Gasteiger partial charge < -0.3 is 25.2 Å². The number of piperazine rings is 1. The number of aliphatic hydroxyl groups is 1. The predicted octanol–water partition coefficient (Wildman–Crippen LogP) is 2.80. The largest absolute Gasteiger partial charge is 0.392 e. The fourth-order valence-electron chi connectivity index (χ4n) is 4.72. The summed E-state index contributed by atoms with van der Waals surface area (Å²) >= 11 is 0.